The molecule has 0 fully saturated rings. The fourth-order valence-corrected chi connectivity index (χ4v) is 3.96. The second-order valence-electron chi connectivity index (χ2n) is 9.11. The van der Waals surface area contributed by atoms with Crippen molar-refractivity contribution >= 4 is 28.9 Å². The van der Waals surface area contributed by atoms with Gasteiger partial charge in [-0.15, -0.1) is 0 Å². The molecule has 1 atom stereocenters. The SMILES string of the molecule is O=C(O)C(F)(F)F.O=C(O)CC(c1ccc(F)cc1)c1cccc(Oc2ccc(CNc3nc4ccccc4[nH]3)cc2)n1. The molecule has 0 bridgehead atoms. The minimum absolute atomic E-state index is 0.172. The number of H-pyrrole nitrogens is 1. The number of pyridine rings is 1. The Morgan fingerprint density at radius 3 is 2.19 bits per heavy atom. The minimum Gasteiger partial charge on any atom is -0.481 e. The van der Waals surface area contributed by atoms with Crippen LogP contribution in [0.5, 0.6) is 11.6 Å². The highest BCUT2D eigenvalue weighted by molar-refractivity contribution is 5.77. The molecule has 5 aromatic rings. The smallest absolute Gasteiger partial charge is 0.481 e. The molecular formula is C30H24F4N4O5. The predicted octanol–water partition coefficient (Wildman–Crippen LogP) is 6.74. The third kappa shape index (κ3) is 8.76. The Balaban J connectivity index is 0.000000541. The highest BCUT2D eigenvalue weighted by atomic mass is 19.4. The normalized spacial score (nSPS) is 11.7. The van der Waals surface area contributed by atoms with E-state index >= 15 is 0 Å². The van der Waals surface area contributed by atoms with Crippen LogP contribution in [0.4, 0.5) is 23.5 Å². The van der Waals surface area contributed by atoms with E-state index in [4.69, 9.17) is 14.6 Å². The van der Waals surface area contributed by atoms with Crippen LogP contribution in [0.15, 0.2) is 91.0 Å². The zero-order valence-corrected chi connectivity index (χ0v) is 22.2. The van der Waals surface area contributed by atoms with Gasteiger partial charge in [0.2, 0.25) is 11.8 Å². The number of rotatable bonds is 9. The Bertz CT molecular complexity index is 1660. The number of hydrogen-bond acceptors (Lipinski definition) is 6. The molecule has 3 aromatic carbocycles. The highest BCUT2D eigenvalue weighted by Crippen LogP contribution is 2.29. The van der Waals surface area contributed by atoms with Crippen molar-refractivity contribution in [2.45, 2.75) is 25.1 Å². The first-order valence-corrected chi connectivity index (χ1v) is 12.7. The number of aromatic amines is 1. The summed E-state index contributed by atoms with van der Waals surface area (Å²) in [6.45, 7) is 0.586. The first-order chi connectivity index (χ1) is 20.5. The van der Waals surface area contributed by atoms with E-state index in [9.17, 15) is 27.5 Å². The van der Waals surface area contributed by atoms with Crippen molar-refractivity contribution < 1.29 is 42.1 Å². The summed E-state index contributed by atoms with van der Waals surface area (Å²) >= 11 is 0. The number of para-hydroxylation sites is 2. The van der Waals surface area contributed by atoms with Gasteiger partial charge in [0.05, 0.1) is 23.1 Å². The number of fused-ring (bicyclic) bond motifs is 1. The van der Waals surface area contributed by atoms with Crippen LogP contribution in [-0.4, -0.2) is 43.3 Å². The molecule has 5 rings (SSSR count). The number of carbonyl (C=O) groups is 2. The molecule has 0 aliphatic carbocycles. The van der Waals surface area contributed by atoms with E-state index < -0.39 is 24.0 Å². The zero-order valence-electron chi connectivity index (χ0n) is 22.2. The maximum atomic E-state index is 13.4. The Morgan fingerprint density at radius 2 is 1.56 bits per heavy atom. The number of aromatic nitrogens is 3. The van der Waals surface area contributed by atoms with Crippen molar-refractivity contribution in [1.82, 2.24) is 15.0 Å². The van der Waals surface area contributed by atoms with Gasteiger partial charge in [-0.25, -0.2) is 19.2 Å². The van der Waals surface area contributed by atoms with Gasteiger partial charge in [-0.1, -0.05) is 42.5 Å². The number of anilines is 1. The largest absolute Gasteiger partial charge is 0.490 e. The lowest BCUT2D eigenvalue weighted by Crippen LogP contribution is -2.21. The van der Waals surface area contributed by atoms with Gasteiger partial charge < -0.3 is 25.3 Å². The van der Waals surface area contributed by atoms with Crippen LogP contribution >= 0.6 is 0 Å². The van der Waals surface area contributed by atoms with Gasteiger partial charge in [-0.2, -0.15) is 13.2 Å². The van der Waals surface area contributed by atoms with Crippen LogP contribution in [0.2, 0.25) is 0 Å². The molecule has 2 aromatic heterocycles. The van der Waals surface area contributed by atoms with Gasteiger partial charge >= 0.3 is 18.1 Å². The molecule has 0 radical (unpaired) electrons. The zero-order chi connectivity index (χ0) is 31.0. The number of alkyl halides is 3. The lowest BCUT2D eigenvalue weighted by Gasteiger charge is -2.16. The third-order valence-corrected chi connectivity index (χ3v) is 5.99. The number of hydrogen-bond donors (Lipinski definition) is 4. The number of carboxylic acids is 2. The van der Waals surface area contributed by atoms with Crippen LogP contribution in [-0.2, 0) is 16.1 Å². The topological polar surface area (TPSA) is 137 Å². The second-order valence-corrected chi connectivity index (χ2v) is 9.11. The van der Waals surface area contributed by atoms with Gasteiger partial charge in [-0.05, 0) is 53.6 Å². The van der Waals surface area contributed by atoms with E-state index in [2.05, 4.69) is 20.3 Å². The van der Waals surface area contributed by atoms with Crippen molar-refractivity contribution in [3.05, 3.63) is 114 Å². The highest BCUT2D eigenvalue weighted by Gasteiger charge is 2.38. The summed E-state index contributed by atoms with van der Waals surface area (Å²) in [6.07, 6.45) is -5.25. The third-order valence-electron chi connectivity index (χ3n) is 5.99. The van der Waals surface area contributed by atoms with E-state index in [1.807, 2.05) is 48.5 Å². The molecule has 0 aliphatic rings. The van der Waals surface area contributed by atoms with E-state index in [0.717, 1.165) is 16.6 Å². The van der Waals surface area contributed by atoms with Gasteiger partial charge in [-0.3, -0.25) is 4.79 Å². The fraction of sp³-hybridized carbons (Fsp3) is 0.133. The van der Waals surface area contributed by atoms with Crippen LogP contribution < -0.4 is 10.1 Å². The quantitative estimate of drug-likeness (QED) is 0.137. The van der Waals surface area contributed by atoms with E-state index in [0.29, 0.717) is 35.4 Å². The van der Waals surface area contributed by atoms with E-state index in [-0.39, 0.29) is 12.2 Å². The van der Waals surface area contributed by atoms with Crippen LogP contribution in [0.3, 0.4) is 0 Å². The summed E-state index contributed by atoms with van der Waals surface area (Å²) < 4.78 is 51.0. The molecule has 13 heteroatoms. The molecule has 0 spiro atoms. The first kappa shape index (κ1) is 30.5. The Kier molecular flexibility index (Phi) is 9.55. The molecule has 2 heterocycles. The molecule has 0 amide bonds. The monoisotopic (exact) mass is 596 g/mol. The number of carboxylic acid groups (broad SMARTS) is 2. The van der Waals surface area contributed by atoms with Gasteiger partial charge in [0, 0.05) is 18.5 Å². The summed E-state index contributed by atoms with van der Waals surface area (Å²) in [4.78, 5) is 32.7. The van der Waals surface area contributed by atoms with Gasteiger partial charge in [0.25, 0.3) is 0 Å². The Morgan fingerprint density at radius 1 is 0.884 bits per heavy atom. The summed E-state index contributed by atoms with van der Waals surface area (Å²) in [5, 5.41) is 19.8. The minimum atomic E-state index is -5.08. The average Bonchev–Trinajstić information content (AvgIpc) is 3.39. The van der Waals surface area contributed by atoms with Crippen LogP contribution in [0, 0.1) is 5.82 Å². The molecule has 4 N–H and O–H groups in total. The molecule has 1 unspecified atom stereocenters. The van der Waals surface area contributed by atoms with Gasteiger partial charge in [0.1, 0.15) is 11.6 Å². The molecule has 9 nitrogen and oxygen atoms in total. The predicted molar refractivity (Wildman–Crippen MR) is 148 cm³/mol. The number of ether oxygens (including phenoxy) is 1. The van der Waals surface area contributed by atoms with Crippen molar-refractivity contribution in [2.24, 2.45) is 0 Å². The number of halogens is 4. The summed E-state index contributed by atoms with van der Waals surface area (Å²) in [6, 6.07) is 26.4. The number of aliphatic carboxylic acids is 2. The fourth-order valence-electron chi connectivity index (χ4n) is 3.96. The first-order valence-electron chi connectivity index (χ1n) is 12.7. The number of imidazole rings is 1. The molecule has 0 aliphatic heterocycles. The van der Waals surface area contributed by atoms with E-state index in [1.54, 1.807) is 30.3 Å². The lowest BCUT2D eigenvalue weighted by molar-refractivity contribution is -0.192. The maximum absolute atomic E-state index is 13.4. The molecule has 43 heavy (non-hydrogen) atoms. The standard InChI is InChI=1S/C28H23FN4O3.C2HF3O2/c29-20-12-10-19(11-13-20)22(16-27(34)35)23-6-3-7-26(31-23)36-21-14-8-18(9-15-21)17-30-28-32-24-4-1-2-5-25(24)33-28;3-2(4,5)1(6)7/h1-15,22H,16-17H2,(H,34,35)(H2,30,32,33);(H,6,7). The maximum Gasteiger partial charge on any atom is 0.490 e. The van der Waals surface area contributed by atoms with Crippen LogP contribution in [0.1, 0.15) is 29.2 Å². The number of benzene rings is 3. The summed E-state index contributed by atoms with van der Waals surface area (Å²) in [5.41, 5.74) is 4.13. The van der Waals surface area contributed by atoms with E-state index in [1.165, 1.54) is 12.1 Å². The molecule has 222 valence electrons. The van der Waals surface area contributed by atoms with Gasteiger partial charge in [0.15, 0.2) is 0 Å². The number of nitrogens with zero attached hydrogens (tertiary/aromatic N) is 2. The summed E-state index contributed by atoms with van der Waals surface area (Å²) in [7, 11) is 0. The molecule has 0 saturated carbocycles. The lowest BCUT2D eigenvalue weighted by atomic mass is 9.92. The molecular weight excluding hydrogens is 572 g/mol. The van der Waals surface area contributed by atoms with Crippen molar-refractivity contribution in [3.8, 4) is 11.6 Å². The molecule has 0 saturated heterocycles. The van der Waals surface area contributed by atoms with Crippen molar-refractivity contribution in [3.63, 3.8) is 0 Å². The Hall–Kier alpha value is -5.46. The second kappa shape index (κ2) is 13.5. The van der Waals surface area contributed by atoms with Crippen LogP contribution in [0.25, 0.3) is 11.0 Å². The average molecular weight is 597 g/mol. The number of nitrogens with one attached hydrogen (secondary N) is 2. The Labute approximate surface area is 241 Å². The van der Waals surface area contributed by atoms with Crippen molar-refractivity contribution in [2.75, 3.05) is 5.32 Å². The van der Waals surface area contributed by atoms with Crippen molar-refractivity contribution in [1.29, 1.82) is 0 Å². The summed E-state index contributed by atoms with van der Waals surface area (Å²) in [5.74, 6) is -2.99.